The number of nitrogens with one attached hydrogen (secondary N) is 1. The predicted octanol–water partition coefficient (Wildman–Crippen LogP) is 3.14. The fourth-order valence-corrected chi connectivity index (χ4v) is 3.11. The van der Waals surface area contributed by atoms with Crippen LogP contribution in [0.25, 0.3) is 5.69 Å². The molecule has 0 aliphatic heterocycles. The zero-order valence-electron chi connectivity index (χ0n) is 14.8. The Hall–Kier alpha value is -3.33. The second-order valence-corrected chi connectivity index (χ2v) is 6.88. The summed E-state index contributed by atoms with van der Waals surface area (Å²) in [6, 6.07) is 14.6. The summed E-state index contributed by atoms with van der Waals surface area (Å²) in [5.74, 6) is -0.655. The highest BCUT2D eigenvalue weighted by molar-refractivity contribution is 9.10. The maximum atomic E-state index is 12.5. The van der Waals surface area contributed by atoms with E-state index in [4.69, 9.17) is 0 Å². The molecule has 0 saturated carbocycles. The van der Waals surface area contributed by atoms with Crippen LogP contribution in [-0.4, -0.2) is 20.6 Å². The van der Waals surface area contributed by atoms with Crippen LogP contribution < -0.4 is 10.7 Å². The SMILES string of the molecule is Cc1cc(=O)c(C(=O)NCc2cccc(Br)c2)nn1-c1ccccc1[N+](=O)[O-]. The summed E-state index contributed by atoms with van der Waals surface area (Å²) in [5, 5.41) is 18.0. The van der Waals surface area contributed by atoms with Gasteiger partial charge in [-0.2, -0.15) is 5.10 Å². The number of nitrogens with zero attached hydrogens (tertiary/aromatic N) is 3. The number of amides is 1. The molecule has 142 valence electrons. The number of carbonyl (C=O) groups excluding carboxylic acids is 1. The molecule has 1 amide bonds. The lowest BCUT2D eigenvalue weighted by Crippen LogP contribution is -2.31. The van der Waals surface area contributed by atoms with Crippen LogP contribution in [0.1, 0.15) is 21.7 Å². The van der Waals surface area contributed by atoms with E-state index in [1.54, 1.807) is 13.0 Å². The van der Waals surface area contributed by atoms with Crippen LogP contribution in [0, 0.1) is 17.0 Å². The number of carbonyl (C=O) groups is 1. The van der Waals surface area contributed by atoms with Crippen LogP contribution in [0.5, 0.6) is 0 Å². The molecule has 0 unspecified atom stereocenters. The molecule has 0 radical (unpaired) electrons. The van der Waals surface area contributed by atoms with Crippen molar-refractivity contribution in [2.24, 2.45) is 0 Å². The monoisotopic (exact) mass is 442 g/mol. The van der Waals surface area contributed by atoms with Gasteiger partial charge in [-0.25, -0.2) is 4.68 Å². The predicted molar refractivity (Wildman–Crippen MR) is 107 cm³/mol. The van der Waals surface area contributed by atoms with Crippen LogP contribution >= 0.6 is 15.9 Å². The maximum Gasteiger partial charge on any atom is 0.294 e. The van der Waals surface area contributed by atoms with Gasteiger partial charge in [0.25, 0.3) is 11.6 Å². The molecule has 0 saturated heterocycles. The van der Waals surface area contributed by atoms with E-state index < -0.39 is 16.3 Å². The highest BCUT2D eigenvalue weighted by Gasteiger charge is 2.20. The quantitative estimate of drug-likeness (QED) is 0.482. The normalized spacial score (nSPS) is 10.5. The Labute approximate surface area is 168 Å². The summed E-state index contributed by atoms with van der Waals surface area (Å²) in [4.78, 5) is 35.5. The van der Waals surface area contributed by atoms with E-state index in [0.29, 0.717) is 5.69 Å². The van der Waals surface area contributed by atoms with E-state index in [1.807, 2.05) is 24.3 Å². The number of halogens is 1. The molecule has 3 aromatic rings. The summed E-state index contributed by atoms with van der Waals surface area (Å²) in [6.07, 6.45) is 0. The third-order valence-corrected chi connectivity index (χ3v) is 4.46. The smallest absolute Gasteiger partial charge is 0.294 e. The fourth-order valence-electron chi connectivity index (χ4n) is 2.66. The average Bonchev–Trinajstić information content (AvgIpc) is 2.66. The van der Waals surface area contributed by atoms with Crippen LogP contribution in [-0.2, 0) is 6.54 Å². The van der Waals surface area contributed by atoms with Crippen molar-refractivity contribution in [1.29, 1.82) is 0 Å². The van der Waals surface area contributed by atoms with Crippen molar-refractivity contribution >= 4 is 27.5 Å². The molecule has 1 aromatic heterocycles. The number of hydrogen-bond donors (Lipinski definition) is 1. The van der Waals surface area contributed by atoms with Gasteiger partial charge in [-0.3, -0.25) is 19.7 Å². The molecular weight excluding hydrogens is 428 g/mol. The summed E-state index contributed by atoms with van der Waals surface area (Å²) in [6.45, 7) is 1.80. The molecule has 0 aliphatic carbocycles. The van der Waals surface area contributed by atoms with Gasteiger partial charge < -0.3 is 5.32 Å². The number of aromatic nitrogens is 2. The Bertz CT molecular complexity index is 1130. The van der Waals surface area contributed by atoms with E-state index >= 15 is 0 Å². The Morgan fingerprint density at radius 3 is 2.68 bits per heavy atom. The van der Waals surface area contributed by atoms with E-state index in [-0.39, 0.29) is 23.6 Å². The molecule has 1 N–H and O–H groups in total. The lowest BCUT2D eigenvalue weighted by molar-refractivity contribution is -0.384. The molecule has 0 aliphatic rings. The first-order valence-electron chi connectivity index (χ1n) is 8.24. The summed E-state index contributed by atoms with van der Waals surface area (Å²) in [5.41, 5.74) is 0.322. The van der Waals surface area contributed by atoms with E-state index in [2.05, 4.69) is 26.3 Å². The average molecular weight is 443 g/mol. The molecule has 0 spiro atoms. The molecule has 9 heteroatoms. The van der Waals surface area contributed by atoms with Gasteiger partial charge in [0.15, 0.2) is 5.69 Å². The standard InChI is InChI=1S/C19H15BrN4O4/c1-12-9-17(25)18(19(26)21-11-13-5-4-6-14(20)10-13)22-23(12)15-7-2-3-8-16(15)24(27)28/h2-10H,11H2,1H3,(H,21,26). The molecule has 0 atom stereocenters. The molecular formula is C19H15BrN4O4. The number of aryl methyl sites for hydroxylation is 1. The van der Waals surface area contributed by atoms with Gasteiger partial charge >= 0.3 is 0 Å². The first kappa shape index (κ1) is 19.4. The zero-order valence-corrected chi connectivity index (χ0v) is 16.3. The molecule has 1 heterocycles. The third-order valence-electron chi connectivity index (χ3n) is 3.97. The van der Waals surface area contributed by atoms with Crippen molar-refractivity contribution < 1.29 is 9.72 Å². The molecule has 28 heavy (non-hydrogen) atoms. The molecule has 0 fully saturated rings. The van der Waals surface area contributed by atoms with Crippen LogP contribution in [0.15, 0.2) is 63.9 Å². The third kappa shape index (κ3) is 4.15. The zero-order chi connectivity index (χ0) is 20.3. The lowest BCUT2D eigenvalue weighted by atomic mass is 10.2. The first-order valence-corrected chi connectivity index (χ1v) is 9.03. The van der Waals surface area contributed by atoms with Crippen LogP contribution in [0.2, 0.25) is 0 Å². The van der Waals surface area contributed by atoms with Crippen LogP contribution in [0.4, 0.5) is 5.69 Å². The largest absolute Gasteiger partial charge is 0.346 e. The summed E-state index contributed by atoms with van der Waals surface area (Å²) >= 11 is 3.35. The second kappa shape index (κ2) is 8.13. The number of benzene rings is 2. The second-order valence-electron chi connectivity index (χ2n) is 5.97. The molecule has 8 nitrogen and oxygen atoms in total. The van der Waals surface area contributed by atoms with Crippen molar-refractivity contribution in [3.05, 3.63) is 96.4 Å². The minimum absolute atomic E-state index is 0.172. The number of nitro benzene ring substituents is 1. The van der Waals surface area contributed by atoms with Gasteiger partial charge in [0.1, 0.15) is 5.69 Å². The number of hydrogen-bond acceptors (Lipinski definition) is 5. The van der Waals surface area contributed by atoms with Crippen LogP contribution in [0.3, 0.4) is 0 Å². The Morgan fingerprint density at radius 1 is 1.21 bits per heavy atom. The highest BCUT2D eigenvalue weighted by atomic mass is 79.9. The van der Waals surface area contributed by atoms with E-state index in [0.717, 1.165) is 10.0 Å². The molecule has 0 bridgehead atoms. The van der Waals surface area contributed by atoms with Crippen molar-refractivity contribution in [3.63, 3.8) is 0 Å². The Balaban J connectivity index is 1.95. The topological polar surface area (TPSA) is 107 Å². The first-order chi connectivity index (χ1) is 13.4. The lowest BCUT2D eigenvalue weighted by Gasteiger charge is -2.11. The Morgan fingerprint density at radius 2 is 1.96 bits per heavy atom. The summed E-state index contributed by atoms with van der Waals surface area (Å²) in [7, 11) is 0. The van der Waals surface area contributed by atoms with Crippen molar-refractivity contribution in [2.45, 2.75) is 13.5 Å². The van der Waals surface area contributed by atoms with Crippen molar-refractivity contribution in [1.82, 2.24) is 15.1 Å². The fraction of sp³-hybridized carbons (Fsp3) is 0.105. The van der Waals surface area contributed by atoms with Gasteiger partial charge in [-0.1, -0.05) is 40.2 Å². The van der Waals surface area contributed by atoms with Crippen molar-refractivity contribution in [3.8, 4) is 5.69 Å². The molecule has 3 rings (SSSR count). The number of rotatable bonds is 5. The van der Waals surface area contributed by atoms with Gasteiger partial charge in [-0.05, 0) is 30.7 Å². The number of para-hydroxylation sites is 2. The minimum atomic E-state index is -0.655. The van der Waals surface area contributed by atoms with E-state index in [9.17, 15) is 19.7 Å². The summed E-state index contributed by atoms with van der Waals surface area (Å²) < 4.78 is 2.10. The van der Waals surface area contributed by atoms with Gasteiger partial charge in [-0.15, -0.1) is 0 Å². The minimum Gasteiger partial charge on any atom is -0.346 e. The van der Waals surface area contributed by atoms with E-state index in [1.165, 1.54) is 28.9 Å². The Kier molecular flexibility index (Phi) is 5.65. The molecule has 2 aromatic carbocycles. The van der Waals surface area contributed by atoms with Crippen molar-refractivity contribution in [2.75, 3.05) is 0 Å². The van der Waals surface area contributed by atoms with Gasteiger partial charge in [0.2, 0.25) is 5.43 Å². The highest BCUT2D eigenvalue weighted by Crippen LogP contribution is 2.22. The number of nitro groups is 1. The van der Waals surface area contributed by atoms with Gasteiger partial charge in [0.05, 0.1) is 4.92 Å². The van der Waals surface area contributed by atoms with Gasteiger partial charge in [0, 0.05) is 28.8 Å². The maximum absolute atomic E-state index is 12.5.